The van der Waals surface area contributed by atoms with Gasteiger partial charge in [-0.15, -0.1) is 0 Å². The molecule has 0 aromatic rings. The Labute approximate surface area is 140 Å². The molecule has 0 spiro atoms. The first-order valence-corrected chi connectivity index (χ1v) is 17.6. The lowest BCUT2D eigenvalue weighted by molar-refractivity contribution is 0.115. The van der Waals surface area contributed by atoms with E-state index >= 15 is 0 Å². The lowest BCUT2D eigenvalue weighted by Crippen LogP contribution is -2.64. The lowest BCUT2D eigenvalue weighted by Gasteiger charge is -2.44. The van der Waals surface area contributed by atoms with Gasteiger partial charge in [0.25, 0.3) is 0 Å². The molecule has 0 rings (SSSR count). The zero-order valence-corrected chi connectivity index (χ0v) is 18.5. The van der Waals surface area contributed by atoms with Gasteiger partial charge in [-0.05, 0) is 52.9 Å². The summed E-state index contributed by atoms with van der Waals surface area (Å²) in [7, 11) is -5.97. The second kappa shape index (κ2) is 10.3. The fourth-order valence-electron chi connectivity index (χ4n) is 2.43. The van der Waals surface area contributed by atoms with Crippen LogP contribution in [0.25, 0.3) is 0 Å². The highest BCUT2D eigenvalue weighted by Gasteiger charge is 2.51. The van der Waals surface area contributed by atoms with Crippen LogP contribution in [0, 0.1) is 0 Å². The van der Waals surface area contributed by atoms with E-state index in [2.05, 4.69) is 26.2 Å². The van der Waals surface area contributed by atoms with Crippen LogP contribution >= 0.6 is 0 Å². The van der Waals surface area contributed by atoms with Crippen LogP contribution in [0.4, 0.5) is 0 Å². The molecule has 0 aromatic carbocycles. The van der Waals surface area contributed by atoms with Crippen molar-refractivity contribution in [3.05, 3.63) is 0 Å². The Balaban J connectivity index is 5.21. The average Bonchev–Trinajstić information content (AvgIpc) is 2.43. The highest BCUT2D eigenvalue weighted by atomic mass is 29.3. The molecule has 0 aliphatic carbocycles. The van der Waals surface area contributed by atoms with Crippen molar-refractivity contribution in [3.63, 3.8) is 0 Å². The SMILES string of the molecule is CCO[Si](CCCN)(OCC)O[Si](C)(C)[Si](C)(C)CCCN. The van der Waals surface area contributed by atoms with Crippen molar-refractivity contribution in [2.24, 2.45) is 11.5 Å². The van der Waals surface area contributed by atoms with Gasteiger partial charge in [-0.2, -0.15) is 0 Å². The predicted octanol–water partition coefficient (Wildman–Crippen LogP) is 2.70. The summed E-state index contributed by atoms with van der Waals surface area (Å²) in [4.78, 5) is 0. The standard InChI is InChI=1S/C14H38N2O3Si3/c1-7-17-22(18-8-2,14-10-12-16)19-21(5,6)20(3,4)13-9-11-15/h7-16H2,1-6H3. The van der Waals surface area contributed by atoms with E-state index in [0.29, 0.717) is 19.8 Å². The molecule has 0 saturated carbocycles. The van der Waals surface area contributed by atoms with E-state index in [1.54, 1.807) is 0 Å². The Morgan fingerprint density at radius 3 is 1.64 bits per heavy atom. The molecule has 4 N–H and O–H groups in total. The van der Waals surface area contributed by atoms with Gasteiger partial charge in [-0.1, -0.05) is 19.1 Å². The predicted molar refractivity (Wildman–Crippen MR) is 102 cm³/mol. The molecule has 0 saturated heterocycles. The Morgan fingerprint density at radius 1 is 0.773 bits per heavy atom. The molecule has 0 aromatic heterocycles. The monoisotopic (exact) mass is 366 g/mol. The van der Waals surface area contributed by atoms with Crippen LogP contribution in [0.2, 0.25) is 38.3 Å². The second-order valence-corrected chi connectivity index (χ2v) is 25.1. The van der Waals surface area contributed by atoms with E-state index < -0.39 is 24.2 Å². The summed E-state index contributed by atoms with van der Waals surface area (Å²) in [6, 6.07) is 2.03. The normalized spacial score (nSPS) is 13.6. The fourth-order valence-corrected chi connectivity index (χ4v) is 17.3. The summed E-state index contributed by atoms with van der Waals surface area (Å²) in [5, 5.41) is 0. The maximum atomic E-state index is 6.77. The van der Waals surface area contributed by atoms with Crippen molar-refractivity contribution >= 4 is 24.2 Å². The highest BCUT2D eigenvalue weighted by Crippen LogP contribution is 2.31. The van der Waals surface area contributed by atoms with E-state index in [1.165, 1.54) is 6.04 Å². The lowest BCUT2D eigenvalue weighted by atomic mass is 10.5. The van der Waals surface area contributed by atoms with Gasteiger partial charge >= 0.3 is 8.80 Å². The molecule has 0 aliphatic rings. The average molecular weight is 367 g/mol. The van der Waals surface area contributed by atoms with Crippen LogP contribution in [-0.2, 0) is 13.0 Å². The first kappa shape index (κ1) is 22.5. The Kier molecular flexibility index (Phi) is 10.6. The van der Waals surface area contributed by atoms with E-state index in [0.717, 1.165) is 25.4 Å². The molecule has 0 atom stereocenters. The number of hydrogen-bond donors (Lipinski definition) is 2. The smallest absolute Gasteiger partial charge is 0.418 e. The fraction of sp³-hybridized carbons (Fsp3) is 1.00. The molecule has 0 unspecified atom stereocenters. The molecular weight excluding hydrogens is 328 g/mol. The number of rotatable bonds is 13. The van der Waals surface area contributed by atoms with E-state index in [4.69, 9.17) is 24.4 Å². The third-order valence-corrected chi connectivity index (χ3v) is 26.5. The first-order chi connectivity index (χ1) is 10.2. The van der Waals surface area contributed by atoms with Crippen LogP contribution in [0.5, 0.6) is 0 Å². The van der Waals surface area contributed by atoms with E-state index in [-0.39, 0.29) is 0 Å². The van der Waals surface area contributed by atoms with E-state index in [9.17, 15) is 0 Å². The van der Waals surface area contributed by atoms with Crippen LogP contribution < -0.4 is 11.5 Å². The van der Waals surface area contributed by atoms with Gasteiger partial charge in [0.05, 0.1) is 7.59 Å². The van der Waals surface area contributed by atoms with Crippen molar-refractivity contribution in [2.45, 2.75) is 65.0 Å². The summed E-state index contributed by atoms with van der Waals surface area (Å²) in [5.41, 5.74) is 11.4. The van der Waals surface area contributed by atoms with Gasteiger partial charge in [0.1, 0.15) is 0 Å². The molecule has 22 heavy (non-hydrogen) atoms. The highest BCUT2D eigenvalue weighted by molar-refractivity contribution is 7.39. The molecule has 8 heteroatoms. The van der Waals surface area contributed by atoms with Crippen LogP contribution in [0.3, 0.4) is 0 Å². The number of nitrogens with two attached hydrogens (primary N) is 2. The minimum atomic E-state index is -2.62. The molecule has 0 aliphatic heterocycles. The van der Waals surface area contributed by atoms with Crippen LogP contribution in [0.1, 0.15) is 26.7 Å². The van der Waals surface area contributed by atoms with E-state index in [1.807, 2.05) is 13.8 Å². The maximum Gasteiger partial charge on any atom is 0.490 e. The van der Waals surface area contributed by atoms with Gasteiger partial charge in [0, 0.05) is 19.3 Å². The summed E-state index contributed by atoms with van der Waals surface area (Å²) < 4.78 is 18.9. The zero-order valence-electron chi connectivity index (χ0n) is 15.5. The maximum absolute atomic E-state index is 6.77. The molecule has 0 bridgehead atoms. The molecule has 0 radical (unpaired) electrons. The van der Waals surface area contributed by atoms with Gasteiger partial charge in [0.2, 0.25) is 0 Å². The Hall–Kier alpha value is 0.451. The summed E-state index contributed by atoms with van der Waals surface area (Å²) in [6.07, 6.45) is 1.97. The van der Waals surface area contributed by atoms with Gasteiger partial charge in [-0.25, -0.2) is 0 Å². The van der Waals surface area contributed by atoms with Crippen molar-refractivity contribution in [2.75, 3.05) is 26.3 Å². The summed E-state index contributed by atoms with van der Waals surface area (Å²) >= 11 is 0. The van der Waals surface area contributed by atoms with Gasteiger partial charge < -0.3 is 24.4 Å². The van der Waals surface area contributed by atoms with Crippen molar-refractivity contribution in [1.82, 2.24) is 0 Å². The zero-order chi connectivity index (χ0) is 17.3. The molecule has 0 heterocycles. The van der Waals surface area contributed by atoms with Gasteiger partial charge in [-0.3, -0.25) is 0 Å². The van der Waals surface area contributed by atoms with Crippen LogP contribution in [0.15, 0.2) is 0 Å². The molecule has 5 nitrogen and oxygen atoms in total. The Bertz CT molecular complexity index is 299. The number of hydrogen-bond acceptors (Lipinski definition) is 5. The first-order valence-electron chi connectivity index (χ1n) is 8.58. The molecule has 0 amide bonds. The van der Waals surface area contributed by atoms with Crippen molar-refractivity contribution < 1.29 is 13.0 Å². The van der Waals surface area contributed by atoms with Gasteiger partial charge in [0.15, 0.2) is 7.83 Å². The van der Waals surface area contributed by atoms with Crippen molar-refractivity contribution in [3.8, 4) is 0 Å². The minimum Gasteiger partial charge on any atom is -0.418 e. The summed E-state index contributed by atoms with van der Waals surface area (Å²) in [5.74, 6) is 0. The quantitative estimate of drug-likeness (QED) is 0.490. The summed E-state index contributed by atoms with van der Waals surface area (Å²) in [6.45, 7) is 16.2. The second-order valence-electron chi connectivity index (χ2n) is 6.83. The molecule has 0 fully saturated rings. The third-order valence-electron chi connectivity index (χ3n) is 4.46. The topological polar surface area (TPSA) is 79.7 Å². The largest absolute Gasteiger partial charge is 0.490 e. The van der Waals surface area contributed by atoms with Crippen LogP contribution in [-0.4, -0.2) is 50.5 Å². The minimum absolute atomic E-state index is 0.631. The third kappa shape index (κ3) is 6.91. The Morgan fingerprint density at radius 2 is 1.23 bits per heavy atom. The van der Waals surface area contributed by atoms with Crippen molar-refractivity contribution in [1.29, 1.82) is 0 Å². The molecule has 134 valence electrons. The molecular formula is C14H38N2O3Si3.